The zero-order valence-corrected chi connectivity index (χ0v) is 16.7. The Morgan fingerprint density at radius 3 is 2.70 bits per heavy atom. The Kier molecular flexibility index (Phi) is 6.61. The number of carbonyl (C=O) groups is 1. The highest BCUT2D eigenvalue weighted by molar-refractivity contribution is 5.79. The molecular formula is C21H23F3N4O2. The van der Waals surface area contributed by atoms with Crippen molar-refractivity contribution in [2.24, 2.45) is 0 Å². The second kappa shape index (κ2) is 9.17. The van der Waals surface area contributed by atoms with Crippen LogP contribution in [0.25, 0.3) is 11.0 Å². The largest absolute Gasteiger partial charge is 0.416 e. The zero-order chi connectivity index (χ0) is 21.7. The normalized spacial score (nSPS) is 12.7. The number of aromatic nitrogens is 2. The number of amides is 1. The van der Waals surface area contributed by atoms with Gasteiger partial charge < -0.3 is 19.9 Å². The van der Waals surface area contributed by atoms with Gasteiger partial charge in [0.1, 0.15) is 0 Å². The Balaban J connectivity index is 1.89. The molecule has 1 heterocycles. The lowest BCUT2D eigenvalue weighted by Gasteiger charge is -2.23. The molecule has 3 rings (SSSR count). The summed E-state index contributed by atoms with van der Waals surface area (Å²) in [6, 6.07) is 11.6. The number of carbonyl (C=O) groups excluding carboxylic acids is 1. The van der Waals surface area contributed by atoms with E-state index in [1.165, 1.54) is 18.1 Å². The van der Waals surface area contributed by atoms with Crippen LogP contribution in [0.2, 0.25) is 0 Å². The minimum atomic E-state index is -4.47. The van der Waals surface area contributed by atoms with Crippen LogP contribution in [-0.2, 0) is 15.7 Å². The maximum Gasteiger partial charge on any atom is 0.416 e. The fraction of sp³-hybridized carbons (Fsp3) is 0.333. The van der Waals surface area contributed by atoms with Crippen molar-refractivity contribution in [1.29, 1.82) is 0 Å². The fourth-order valence-electron chi connectivity index (χ4n) is 3.05. The van der Waals surface area contributed by atoms with Gasteiger partial charge in [0.05, 0.1) is 35.7 Å². The number of rotatable bonds is 8. The average Bonchev–Trinajstić information content (AvgIpc) is 3.13. The van der Waals surface area contributed by atoms with Gasteiger partial charge in [-0.1, -0.05) is 24.3 Å². The van der Waals surface area contributed by atoms with Gasteiger partial charge in [-0.15, -0.1) is 0 Å². The van der Waals surface area contributed by atoms with E-state index in [-0.39, 0.29) is 12.3 Å². The van der Waals surface area contributed by atoms with Crippen LogP contribution in [-0.4, -0.2) is 48.1 Å². The van der Waals surface area contributed by atoms with E-state index in [1.807, 2.05) is 24.3 Å². The number of anilines is 1. The number of hydrogen-bond donors (Lipinski definition) is 2. The van der Waals surface area contributed by atoms with Crippen molar-refractivity contribution in [3.63, 3.8) is 0 Å². The van der Waals surface area contributed by atoms with Crippen LogP contribution >= 0.6 is 0 Å². The van der Waals surface area contributed by atoms with Crippen molar-refractivity contribution in [3.05, 3.63) is 59.7 Å². The summed E-state index contributed by atoms with van der Waals surface area (Å²) < 4.78 is 44.6. The Labute approximate surface area is 172 Å². The van der Waals surface area contributed by atoms with Gasteiger partial charge in [-0.25, -0.2) is 4.98 Å². The fourth-order valence-corrected chi connectivity index (χ4v) is 3.05. The Morgan fingerprint density at radius 1 is 1.23 bits per heavy atom. The second-order valence-corrected chi connectivity index (χ2v) is 6.93. The molecule has 2 N–H and O–H groups in total. The van der Waals surface area contributed by atoms with Gasteiger partial charge in [0.15, 0.2) is 0 Å². The second-order valence-electron chi connectivity index (χ2n) is 6.93. The van der Waals surface area contributed by atoms with Crippen molar-refractivity contribution in [3.8, 4) is 0 Å². The highest BCUT2D eigenvalue weighted by Crippen LogP contribution is 2.32. The molecule has 0 radical (unpaired) electrons. The topological polar surface area (TPSA) is 70.2 Å². The third kappa shape index (κ3) is 5.29. The molecule has 0 fully saturated rings. The lowest BCUT2D eigenvalue weighted by Crippen LogP contribution is -2.32. The number of benzene rings is 2. The minimum Gasteiger partial charge on any atom is -0.383 e. The number of hydrogen-bond acceptors (Lipinski definition) is 4. The van der Waals surface area contributed by atoms with Crippen LogP contribution < -0.4 is 5.32 Å². The minimum absolute atomic E-state index is 0.0431. The molecule has 9 heteroatoms. The van der Waals surface area contributed by atoms with E-state index in [1.54, 1.807) is 13.1 Å². The summed E-state index contributed by atoms with van der Waals surface area (Å²) in [4.78, 5) is 21.7. The number of methoxy groups -OCH3 is 1. The smallest absolute Gasteiger partial charge is 0.383 e. The average molecular weight is 420 g/mol. The number of para-hydroxylation sites is 2. The van der Waals surface area contributed by atoms with Crippen molar-refractivity contribution in [2.45, 2.75) is 18.6 Å². The molecule has 0 spiro atoms. The van der Waals surface area contributed by atoms with E-state index < -0.39 is 17.8 Å². The maximum absolute atomic E-state index is 13.2. The molecule has 0 aliphatic carbocycles. The van der Waals surface area contributed by atoms with Crippen LogP contribution in [0.3, 0.4) is 0 Å². The number of halogens is 3. The number of fused-ring (bicyclic) bond motifs is 1. The molecule has 0 aliphatic heterocycles. The third-order valence-corrected chi connectivity index (χ3v) is 4.75. The molecule has 0 saturated carbocycles. The monoisotopic (exact) mass is 420 g/mol. The number of nitrogens with zero attached hydrogens (tertiary/aromatic N) is 2. The first-order chi connectivity index (χ1) is 14.3. The lowest BCUT2D eigenvalue weighted by atomic mass is 10.0. The van der Waals surface area contributed by atoms with E-state index in [2.05, 4.69) is 15.3 Å². The third-order valence-electron chi connectivity index (χ3n) is 4.75. The summed E-state index contributed by atoms with van der Waals surface area (Å²) in [5.41, 5.74) is 1.08. The van der Waals surface area contributed by atoms with Gasteiger partial charge >= 0.3 is 6.18 Å². The number of alkyl halides is 3. The number of likely N-dealkylation sites (N-methyl/N-ethyl adjacent to an activating group) is 1. The Bertz CT molecular complexity index is 970. The van der Waals surface area contributed by atoms with Crippen molar-refractivity contribution < 1.29 is 22.7 Å². The number of aromatic amines is 1. The molecule has 6 nitrogen and oxygen atoms in total. The van der Waals surface area contributed by atoms with Gasteiger partial charge in [0.2, 0.25) is 11.9 Å². The van der Waals surface area contributed by atoms with Gasteiger partial charge in [-0.05, 0) is 29.8 Å². The highest BCUT2D eigenvalue weighted by atomic mass is 19.4. The van der Waals surface area contributed by atoms with Crippen LogP contribution in [0.15, 0.2) is 48.5 Å². The van der Waals surface area contributed by atoms with Crippen molar-refractivity contribution >= 4 is 22.9 Å². The number of H-pyrrole nitrogens is 1. The summed E-state index contributed by atoms with van der Waals surface area (Å²) in [5.74, 6) is 0.157. The Morgan fingerprint density at radius 2 is 2.00 bits per heavy atom. The van der Waals surface area contributed by atoms with E-state index >= 15 is 0 Å². The number of imidazole rings is 1. The first-order valence-corrected chi connectivity index (χ1v) is 9.39. The maximum atomic E-state index is 13.2. The molecule has 1 unspecified atom stereocenters. The summed E-state index contributed by atoms with van der Waals surface area (Å²) in [6.07, 6.45) is -4.52. The van der Waals surface area contributed by atoms with Crippen LogP contribution in [0, 0.1) is 0 Å². The summed E-state index contributed by atoms with van der Waals surface area (Å²) in [5, 5.41) is 3.09. The van der Waals surface area contributed by atoms with Crippen LogP contribution in [0.1, 0.15) is 23.6 Å². The van der Waals surface area contributed by atoms with Gasteiger partial charge in [-0.3, -0.25) is 4.79 Å². The van der Waals surface area contributed by atoms with Crippen molar-refractivity contribution in [1.82, 2.24) is 14.9 Å². The van der Waals surface area contributed by atoms with Gasteiger partial charge in [0, 0.05) is 20.7 Å². The molecule has 160 valence electrons. The van der Waals surface area contributed by atoms with Crippen LogP contribution in [0.4, 0.5) is 19.1 Å². The summed E-state index contributed by atoms with van der Waals surface area (Å²) in [6.45, 7) is 0.753. The zero-order valence-electron chi connectivity index (χ0n) is 16.7. The lowest BCUT2D eigenvalue weighted by molar-refractivity contribution is -0.137. The SMILES string of the molecule is COCCN(C)C(=O)CC(Nc1nc2ccccc2[nH]1)c1cccc(C(F)(F)F)c1. The van der Waals surface area contributed by atoms with E-state index in [0.29, 0.717) is 30.2 Å². The van der Waals surface area contributed by atoms with E-state index in [9.17, 15) is 18.0 Å². The molecule has 0 saturated heterocycles. The molecule has 1 amide bonds. The van der Waals surface area contributed by atoms with Gasteiger partial charge in [0.25, 0.3) is 0 Å². The Hall–Kier alpha value is -3.07. The highest BCUT2D eigenvalue weighted by Gasteiger charge is 2.31. The standard InChI is InChI=1S/C21H23F3N4O2/c1-28(10-11-30-2)19(29)13-18(14-6-5-7-15(12-14)21(22,23)24)27-20-25-16-8-3-4-9-17(16)26-20/h3-9,12,18H,10-11,13H2,1-2H3,(H2,25,26,27). The molecule has 30 heavy (non-hydrogen) atoms. The molecule has 3 aromatic rings. The van der Waals surface area contributed by atoms with E-state index in [0.717, 1.165) is 17.6 Å². The van der Waals surface area contributed by atoms with Gasteiger partial charge in [-0.2, -0.15) is 13.2 Å². The number of ether oxygens (including phenoxy) is 1. The predicted octanol–water partition coefficient (Wildman–Crippen LogP) is 4.23. The molecule has 1 atom stereocenters. The molecule has 2 aromatic carbocycles. The first kappa shape index (κ1) is 21.6. The van der Waals surface area contributed by atoms with Crippen molar-refractivity contribution in [2.75, 3.05) is 32.6 Å². The quantitative estimate of drug-likeness (QED) is 0.572. The predicted molar refractivity (Wildman–Crippen MR) is 108 cm³/mol. The molecular weight excluding hydrogens is 397 g/mol. The molecule has 1 aromatic heterocycles. The molecule has 0 aliphatic rings. The summed E-state index contributed by atoms with van der Waals surface area (Å²) in [7, 11) is 3.17. The molecule has 0 bridgehead atoms. The number of nitrogens with one attached hydrogen (secondary N) is 2. The summed E-state index contributed by atoms with van der Waals surface area (Å²) >= 11 is 0. The van der Waals surface area contributed by atoms with Crippen LogP contribution in [0.5, 0.6) is 0 Å². The van der Waals surface area contributed by atoms with E-state index in [4.69, 9.17) is 4.74 Å². The first-order valence-electron chi connectivity index (χ1n) is 9.39.